The Kier molecular flexibility index (Phi) is 3.23. The van der Waals surface area contributed by atoms with Gasteiger partial charge in [0, 0.05) is 17.0 Å². The fourth-order valence-electron chi connectivity index (χ4n) is 1.78. The molecular formula is C12H12ClF3O2. The van der Waals surface area contributed by atoms with Crippen LogP contribution in [0.3, 0.4) is 0 Å². The third kappa shape index (κ3) is 2.72. The molecule has 0 aliphatic heterocycles. The van der Waals surface area contributed by atoms with E-state index in [9.17, 15) is 18.3 Å². The highest BCUT2D eigenvalue weighted by Gasteiger charge is 2.42. The van der Waals surface area contributed by atoms with E-state index in [0.717, 1.165) is 12.1 Å². The minimum Gasteiger partial charge on any atom is -0.496 e. The molecule has 0 aromatic heterocycles. The quantitative estimate of drug-likeness (QED) is 0.919. The van der Waals surface area contributed by atoms with E-state index in [1.807, 2.05) is 0 Å². The van der Waals surface area contributed by atoms with E-state index in [0.29, 0.717) is 18.4 Å². The molecule has 100 valence electrons. The predicted molar refractivity (Wildman–Crippen MR) is 60.9 cm³/mol. The van der Waals surface area contributed by atoms with Crippen LogP contribution in [0, 0.1) is 0 Å². The predicted octanol–water partition coefficient (Wildman–Crippen LogP) is 3.43. The van der Waals surface area contributed by atoms with Crippen LogP contribution in [0.2, 0.25) is 5.02 Å². The molecule has 0 saturated heterocycles. The summed E-state index contributed by atoms with van der Waals surface area (Å²) in [6, 6.07) is 1.78. The molecule has 0 spiro atoms. The summed E-state index contributed by atoms with van der Waals surface area (Å²) in [5, 5.41) is 9.79. The summed E-state index contributed by atoms with van der Waals surface area (Å²) in [6.45, 7) is 0. The van der Waals surface area contributed by atoms with Gasteiger partial charge in [0.1, 0.15) is 5.75 Å². The molecule has 0 bridgehead atoms. The van der Waals surface area contributed by atoms with Crippen molar-refractivity contribution in [1.29, 1.82) is 0 Å². The zero-order chi connectivity index (χ0) is 13.6. The van der Waals surface area contributed by atoms with Crippen molar-refractivity contribution in [1.82, 2.24) is 0 Å². The number of rotatable bonds is 3. The molecule has 1 aromatic rings. The average Bonchev–Trinajstić information content (AvgIpc) is 2.98. The zero-order valence-corrected chi connectivity index (χ0v) is 10.4. The Morgan fingerprint density at radius 2 is 2.00 bits per heavy atom. The van der Waals surface area contributed by atoms with E-state index in [4.69, 9.17) is 16.3 Å². The maximum absolute atomic E-state index is 12.6. The van der Waals surface area contributed by atoms with E-state index in [1.165, 1.54) is 7.11 Å². The standard InChI is InChI=1S/C12H12ClF3O2/c1-18-10-5-7(12(14,15)16)4-9(13)8(10)6-11(17)2-3-11/h4-5,17H,2-3,6H2,1H3. The number of ether oxygens (including phenoxy) is 1. The van der Waals surface area contributed by atoms with Gasteiger partial charge in [-0.15, -0.1) is 0 Å². The first-order chi connectivity index (χ1) is 8.25. The number of benzene rings is 1. The normalized spacial score (nSPS) is 17.7. The van der Waals surface area contributed by atoms with Crippen molar-refractivity contribution in [3.8, 4) is 5.75 Å². The van der Waals surface area contributed by atoms with Crippen molar-refractivity contribution in [2.24, 2.45) is 0 Å². The maximum Gasteiger partial charge on any atom is 0.416 e. The Morgan fingerprint density at radius 1 is 1.39 bits per heavy atom. The van der Waals surface area contributed by atoms with E-state index >= 15 is 0 Å². The van der Waals surface area contributed by atoms with E-state index in [1.54, 1.807) is 0 Å². The van der Waals surface area contributed by atoms with E-state index < -0.39 is 17.3 Å². The fourth-order valence-corrected chi connectivity index (χ4v) is 2.06. The van der Waals surface area contributed by atoms with Crippen molar-refractivity contribution in [3.63, 3.8) is 0 Å². The van der Waals surface area contributed by atoms with Crippen LogP contribution in [0.4, 0.5) is 13.2 Å². The molecule has 0 amide bonds. The molecule has 0 heterocycles. The molecule has 6 heteroatoms. The second-order valence-electron chi connectivity index (χ2n) is 4.54. The third-order valence-electron chi connectivity index (χ3n) is 3.03. The lowest BCUT2D eigenvalue weighted by Crippen LogP contribution is -2.13. The van der Waals surface area contributed by atoms with Gasteiger partial charge in [-0.2, -0.15) is 13.2 Å². The lowest BCUT2D eigenvalue weighted by Gasteiger charge is -2.16. The lowest BCUT2D eigenvalue weighted by molar-refractivity contribution is -0.137. The minimum atomic E-state index is -4.47. The van der Waals surface area contributed by atoms with E-state index in [2.05, 4.69) is 0 Å². The van der Waals surface area contributed by atoms with Gasteiger partial charge in [0.25, 0.3) is 0 Å². The van der Waals surface area contributed by atoms with Gasteiger partial charge in [-0.3, -0.25) is 0 Å². The average molecular weight is 281 g/mol. The molecule has 0 atom stereocenters. The number of halogens is 4. The smallest absolute Gasteiger partial charge is 0.416 e. The van der Waals surface area contributed by atoms with Crippen LogP contribution in [0.5, 0.6) is 5.75 Å². The van der Waals surface area contributed by atoms with Crippen LogP contribution in [0.25, 0.3) is 0 Å². The molecule has 1 N–H and O–H groups in total. The van der Waals surface area contributed by atoms with Crippen LogP contribution in [-0.4, -0.2) is 17.8 Å². The van der Waals surface area contributed by atoms with Gasteiger partial charge >= 0.3 is 6.18 Å². The van der Waals surface area contributed by atoms with Crippen LogP contribution in [0.1, 0.15) is 24.0 Å². The van der Waals surface area contributed by atoms with Gasteiger partial charge in [-0.05, 0) is 25.0 Å². The SMILES string of the molecule is COc1cc(C(F)(F)F)cc(Cl)c1CC1(O)CC1. The Labute approximate surface area is 107 Å². The molecule has 18 heavy (non-hydrogen) atoms. The molecule has 2 nitrogen and oxygen atoms in total. The second-order valence-corrected chi connectivity index (χ2v) is 4.94. The van der Waals surface area contributed by atoms with Crippen molar-refractivity contribution >= 4 is 11.6 Å². The summed E-state index contributed by atoms with van der Waals surface area (Å²) in [7, 11) is 1.28. The van der Waals surface area contributed by atoms with Crippen LogP contribution in [-0.2, 0) is 12.6 Å². The summed E-state index contributed by atoms with van der Waals surface area (Å²) in [6.07, 6.45) is -2.99. The molecular weight excluding hydrogens is 269 g/mol. The molecule has 1 aliphatic rings. The largest absolute Gasteiger partial charge is 0.496 e. The van der Waals surface area contributed by atoms with Gasteiger partial charge < -0.3 is 9.84 Å². The first kappa shape index (κ1) is 13.5. The van der Waals surface area contributed by atoms with Gasteiger partial charge in [0.2, 0.25) is 0 Å². The molecule has 0 radical (unpaired) electrons. The molecule has 1 aliphatic carbocycles. The molecule has 2 rings (SSSR count). The minimum absolute atomic E-state index is 0.0259. The zero-order valence-electron chi connectivity index (χ0n) is 9.64. The molecule has 1 fully saturated rings. The summed E-state index contributed by atoms with van der Waals surface area (Å²) in [5.74, 6) is 0.0650. The summed E-state index contributed by atoms with van der Waals surface area (Å²) < 4.78 is 42.7. The Balaban J connectivity index is 2.41. The van der Waals surface area contributed by atoms with Crippen molar-refractivity contribution in [2.45, 2.75) is 31.0 Å². The number of aliphatic hydroxyl groups is 1. The van der Waals surface area contributed by atoms with Crippen molar-refractivity contribution in [2.75, 3.05) is 7.11 Å². The lowest BCUT2D eigenvalue weighted by atomic mass is 10.0. The monoisotopic (exact) mass is 280 g/mol. The van der Waals surface area contributed by atoms with Gasteiger partial charge in [0.15, 0.2) is 0 Å². The van der Waals surface area contributed by atoms with Crippen LogP contribution in [0.15, 0.2) is 12.1 Å². The maximum atomic E-state index is 12.6. The number of alkyl halides is 3. The highest BCUT2D eigenvalue weighted by atomic mass is 35.5. The molecule has 1 aromatic carbocycles. The van der Waals surface area contributed by atoms with Crippen LogP contribution >= 0.6 is 11.6 Å². The Morgan fingerprint density at radius 3 is 2.44 bits per heavy atom. The summed E-state index contributed by atoms with van der Waals surface area (Å²) in [4.78, 5) is 0. The molecule has 0 unspecified atom stereocenters. The van der Waals surface area contributed by atoms with Gasteiger partial charge in [-0.25, -0.2) is 0 Å². The number of hydrogen-bond donors (Lipinski definition) is 1. The van der Waals surface area contributed by atoms with Gasteiger partial charge in [0.05, 0.1) is 18.3 Å². The number of hydrogen-bond acceptors (Lipinski definition) is 2. The first-order valence-corrected chi connectivity index (χ1v) is 5.79. The Hall–Kier alpha value is -0.940. The van der Waals surface area contributed by atoms with Crippen molar-refractivity contribution in [3.05, 3.63) is 28.3 Å². The third-order valence-corrected chi connectivity index (χ3v) is 3.37. The van der Waals surface area contributed by atoms with Gasteiger partial charge in [-0.1, -0.05) is 11.6 Å². The highest BCUT2D eigenvalue weighted by Crippen LogP contribution is 2.44. The molecule has 1 saturated carbocycles. The summed E-state index contributed by atoms with van der Waals surface area (Å²) >= 11 is 5.86. The van der Waals surface area contributed by atoms with Crippen LogP contribution < -0.4 is 4.74 Å². The first-order valence-electron chi connectivity index (χ1n) is 5.41. The number of methoxy groups -OCH3 is 1. The topological polar surface area (TPSA) is 29.5 Å². The summed E-state index contributed by atoms with van der Waals surface area (Å²) in [5.41, 5.74) is -1.26. The van der Waals surface area contributed by atoms with Crippen molar-refractivity contribution < 1.29 is 23.0 Å². The second kappa shape index (κ2) is 4.31. The Bertz CT molecular complexity index is 467. The highest BCUT2D eigenvalue weighted by molar-refractivity contribution is 6.31. The van der Waals surface area contributed by atoms with E-state index in [-0.39, 0.29) is 17.2 Å². The fraction of sp³-hybridized carbons (Fsp3) is 0.500.